The zero-order valence-electron chi connectivity index (χ0n) is 13.9. The molecule has 0 heterocycles. The van der Waals surface area contributed by atoms with Gasteiger partial charge in [-0.3, -0.25) is 9.59 Å². The van der Waals surface area contributed by atoms with Crippen molar-refractivity contribution in [3.63, 3.8) is 0 Å². The van der Waals surface area contributed by atoms with Gasteiger partial charge >= 0.3 is 0 Å². The van der Waals surface area contributed by atoms with Crippen LogP contribution in [0.4, 0.5) is 5.69 Å². The van der Waals surface area contributed by atoms with E-state index in [1.54, 1.807) is 43.3 Å². The number of nitrogens with one attached hydrogen (secondary N) is 2. The molecule has 7 heteroatoms. The SMILES string of the molecule is COc1cccc(C(=O)NN=C(C)CC(=O)Nc2ccc(Br)cc2)c1. The normalized spacial score (nSPS) is 10.9. The Labute approximate surface area is 154 Å². The number of hydrazone groups is 1. The number of nitrogens with zero attached hydrogens (tertiary/aromatic N) is 1. The van der Waals surface area contributed by atoms with Crippen molar-refractivity contribution >= 4 is 39.1 Å². The number of hydrogen-bond donors (Lipinski definition) is 2. The molecule has 0 unspecified atom stereocenters. The predicted octanol–water partition coefficient (Wildman–Crippen LogP) is 3.59. The minimum absolute atomic E-state index is 0.0778. The Kier molecular flexibility index (Phi) is 6.71. The Balaban J connectivity index is 1.88. The molecule has 2 aromatic rings. The summed E-state index contributed by atoms with van der Waals surface area (Å²) in [7, 11) is 1.53. The molecule has 0 aliphatic carbocycles. The molecular formula is C18H18BrN3O3. The third kappa shape index (κ3) is 6.04. The molecule has 2 aromatic carbocycles. The van der Waals surface area contributed by atoms with Gasteiger partial charge in [0.25, 0.3) is 5.91 Å². The van der Waals surface area contributed by atoms with Crippen LogP contribution in [0.3, 0.4) is 0 Å². The second-order valence-corrected chi connectivity index (χ2v) is 6.17. The summed E-state index contributed by atoms with van der Waals surface area (Å²) in [5, 5.41) is 6.72. The molecule has 0 aromatic heterocycles. The molecule has 2 rings (SSSR count). The first kappa shape index (κ1) is 18.7. The van der Waals surface area contributed by atoms with E-state index < -0.39 is 0 Å². The van der Waals surface area contributed by atoms with E-state index in [4.69, 9.17) is 4.74 Å². The number of ether oxygens (including phenoxy) is 1. The van der Waals surface area contributed by atoms with Gasteiger partial charge in [-0.05, 0) is 49.4 Å². The second kappa shape index (κ2) is 8.98. The maximum Gasteiger partial charge on any atom is 0.271 e. The summed E-state index contributed by atoms with van der Waals surface area (Å²) in [6.07, 6.45) is 0.0778. The Morgan fingerprint density at radius 2 is 1.88 bits per heavy atom. The first-order chi connectivity index (χ1) is 12.0. The average molecular weight is 404 g/mol. The van der Waals surface area contributed by atoms with Crippen LogP contribution in [0.15, 0.2) is 58.1 Å². The summed E-state index contributed by atoms with van der Waals surface area (Å²) < 4.78 is 6.01. The molecule has 0 saturated carbocycles. The number of carbonyl (C=O) groups excluding carboxylic acids is 2. The van der Waals surface area contributed by atoms with Crippen LogP contribution in [-0.2, 0) is 4.79 Å². The van der Waals surface area contributed by atoms with Gasteiger partial charge in [0.05, 0.1) is 13.5 Å². The molecule has 0 aliphatic heterocycles. The third-order valence-corrected chi connectivity index (χ3v) is 3.75. The number of halogens is 1. The Hall–Kier alpha value is -2.67. The molecule has 0 radical (unpaired) electrons. The van der Waals surface area contributed by atoms with Crippen molar-refractivity contribution < 1.29 is 14.3 Å². The molecule has 0 spiro atoms. The molecule has 2 amide bonds. The van der Waals surface area contributed by atoms with Crippen molar-refractivity contribution in [3.8, 4) is 5.75 Å². The van der Waals surface area contributed by atoms with E-state index in [0.29, 0.717) is 22.7 Å². The highest BCUT2D eigenvalue weighted by atomic mass is 79.9. The molecule has 130 valence electrons. The van der Waals surface area contributed by atoms with Gasteiger partial charge in [0.15, 0.2) is 0 Å². The van der Waals surface area contributed by atoms with Crippen molar-refractivity contribution in [1.82, 2.24) is 5.43 Å². The number of methoxy groups -OCH3 is 1. The zero-order valence-corrected chi connectivity index (χ0v) is 15.5. The summed E-state index contributed by atoms with van der Waals surface area (Å²) in [5.41, 5.74) is 4.05. The van der Waals surface area contributed by atoms with E-state index in [1.807, 2.05) is 12.1 Å². The van der Waals surface area contributed by atoms with Crippen LogP contribution in [0.25, 0.3) is 0 Å². The summed E-state index contributed by atoms with van der Waals surface area (Å²) in [6.45, 7) is 1.67. The van der Waals surface area contributed by atoms with Gasteiger partial charge in [0, 0.05) is 21.4 Å². The fourth-order valence-corrected chi connectivity index (χ4v) is 2.25. The highest BCUT2D eigenvalue weighted by molar-refractivity contribution is 9.10. The average Bonchev–Trinajstić information content (AvgIpc) is 2.61. The zero-order chi connectivity index (χ0) is 18.2. The van der Waals surface area contributed by atoms with Crippen molar-refractivity contribution in [2.45, 2.75) is 13.3 Å². The van der Waals surface area contributed by atoms with Crippen LogP contribution in [0, 0.1) is 0 Å². The minimum atomic E-state index is -0.369. The first-order valence-electron chi connectivity index (χ1n) is 7.51. The lowest BCUT2D eigenvalue weighted by atomic mass is 10.2. The Bertz CT molecular complexity index is 788. The molecule has 0 fully saturated rings. The van der Waals surface area contributed by atoms with E-state index >= 15 is 0 Å². The van der Waals surface area contributed by atoms with Gasteiger partial charge in [-0.1, -0.05) is 22.0 Å². The van der Waals surface area contributed by atoms with Crippen LogP contribution in [0.1, 0.15) is 23.7 Å². The minimum Gasteiger partial charge on any atom is -0.497 e. The highest BCUT2D eigenvalue weighted by Crippen LogP contribution is 2.14. The van der Waals surface area contributed by atoms with Crippen LogP contribution in [-0.4, -0.2) is 24.6 Å². The lowest BCUT2D eigenvalue weighted by Crippen LogP contribution is -2.21. The number of amides is 2. The number of rotatable bonds is 6. The van der Waals surface area contributed by atoms with Gasteiger partial charge in [0.2, 0.25) is 5.91 Å². The lowest BCUT2D eigenvalue weighted by Gasteiger charge is -2.06. The number of hydrogen-bond acceptors (Lipinski definition) is 4. The fraction of sp³-hybridized carbons (Fsp3) is 0.167. The van der Waals surface area contributed by atoms with Gasteiger partial charge in [0.1, 0.15) is 5.75 Å². The maximum absolute atomic E-state index is 12.0. The monoisotopic (exact) mass is 403 g/mol. The quantitative estimate of drug-likeness (QED) is 0.571. The van der Waals surface area contributed by atoms with E-state index in [0.717, 1.165) is 4.47 Å². The fourth-order valence-electron chi connectivity index (χ4n) is 1.99. The smallest absolute Gasteiger partial charge is 0.271 e. The molecule has 0 aliphatic rings. The van der Waals surface area contributed by atoms with Crippen molar-refractivity contribution in [2.75, 3.05) is 12.4 Å². The van der Waals surface area contributed by atoms with Crippen molar-refractivity contribution in [3.05, 3.63) is 58.6 Å². The second-order valence-electron chi connectivity index (χ2n) is 5.25. The summed E-state index contributed by atoms with van der Waals surface area (Å²) in [4.78, 5) is 24.0. The molecule has 0 bridgehead atoms. The van der Waals surface area contributed by atoms with E-state index in [2.05, 4.69) is 31.8 Å². The van der Waals surface area contributed by atoms with Gasteiger partial charge < -0.3 is 10.1 Å². The summed E-state index contributed by atoms with van der Waals surface area (Å²) >= 11 is 3.33. The summed E-state index contributed by atoms with van der Waals surface area (Å²) in [5.74, 6) is 0.00740. The lowest BCUT2D eigenvalue weighted by molar-refractivity contribution is -0.115. The standard InChI is InChI=1S/C18H18BrN3O3/c1-12(10-17(23)20-15-8-6-14(19)7-9-15)21-22-18(24)13-4-3-5-16(11-13)25-2/h3-9,11H,10H2,1-2H3,(H,20,23)(H,22,24). The van der Waals surface area contributed by atoms with Crippen molar-refractivity contribution in [2.24, 2.45) is 5.10 Å². The van der Waals surface area contributed by atoms with E-state index in [1.165, 1.54) is 7.11 Å². The third-order valence-electron chi connectivity index (χ3n) is 3.22. The number of anilines is 1. The van der Waals surface area contributed by atoms with Gasteiger partial charge in [-0.2, -0.15) is 5.10 Å². The largest absolute Gasteiger partial charge is 0.497 e. The number of carbonyl (C=O) groups is 2. The Morgan fingerprint density at radius 1 is 1.16 bits per heavy atom. The van der Waals surface area contributed by atoms with Crippen LogP contribution < -0.4 is 15.5 Å². The number of benzene rings is 2. The van der Waals surface area contributed by atoms with Crippen LogP contribution in [0.2, 0.25) is 0 Å². The van der Waals surface area contributed by atoms with Crippen LogP contribution >= 0.6 is 15.9 Å². The van der Waals surface area contributed by atoms with E-state index in [9.17, 15) is 9.59 Å². The van der Waals surface area contributed by atoms with Gasteiger partial charge in [-0.25, -0.2) is 5.43 Å². The summed E-state index contributed by atoms with van der Waals surface area (Å²) in [6, 6.07) is 14.0. The van der Waals surface area contributed by atoms with Crippen LogP contribution in [0.5, 0.6) is 5.75 Å². The molecule has 0 atom stereocenters. The molecular weight excluding hydrogens is 386 g/mol. The van der Waals surface area contributed by atoms with Crippen molar-refractivity contribution in [1.29, 1.82) is 0 Å². The molecule has 0 saturated heterocycles. The highest BCUT2D eigenvalue weighted by Gasteiger charge is 2.08. The maximum atomic E-state index is 12.0. The predicted molar refractivity (Wildman–Crippen MR) is 101 cm³/mol. The first-order valence-corrected chi connectivity index (χ1v) is 8.30. The van der Waals surface area contributed by atoms with Gasteiger partial charge in [-0.15, -0.1) is 0 Å². The molecule has 6 nitrogen and oxygen atoms in total. The topological polar surface area (TPSA) is 79.8 Å². The molecule has 25 heavy (non-hydrogen) atoms. The molecule has 2 N–H and O–H groups in total. The van der Waals surface area contributed by atoms with E-state index in [-0.39, 0.29) is 18.2 Å². The Morgan fingerprint density at radius 3 is 2.56 bits per heavy atom.